The highest BCUT2D eigenvalue weighted by molar-refractivity contribution is 6.05. The monoisotopic (exact) mass is 364 g/mol. The van der Waals surface area contributed by atoms with Gasteiger partial charge in [-0.25, -0.2) is 4.39 Å². The zero-order valence-electron chi connectivity index (χ0n) is 13.9. The third-order valence-corrected chi connectivity index (χ3v) is 5.02. The van der Waals surface area contributed by atoms with Crippen LogP contribution in [0.2, 0.25) is 0 Å². The van der Waals surface area contributed by atoms with E-state index in [1.54, 1.807) is 18.3 Å². The molecule has 2 aliphatic heterocycles. The van der Waals surface area contributed by atoms with Gasteiger partial charge in [0.05, 0.1) is 11.1 Å². The average molecular weight is 365 g/mol. The summed E-state index contributed by atoms with van der Waals surface area (Å²) in [7, 11) is 0. The maximum absolute atomic E-state index is 13.9. The van der Waals surface area contributed by atoms with Gasteiger partial charge in [-0.3, -0.25) is 14.7 Å². The van der Waals surface area contributed by atoms with E-state index < -0.39 is 5.82 Å². The fourth-order valence-electron chi connectivity index (χ4n) is 3.76. The number of nitrogens with one attached hydrogen (secondary N) is 1. The van der Waals surface area contributed by atoms with Gasteiger partial charge in [-0.05, 0) is 24.6 Å². The molecule has 25 heavy (non-hydrogen) atoms. The molecule has 0 saturated carbocycles. The Balaban J connectivity index is 0.00000182. The molecule has 1 amide bonds. The molecule has 0 aliphatic carbocycles. The van der Waals surface area contributed by atoms with E-state index in [4.69, 9.17) is 0 Å². The summed E-state index contributed by atoms with van der Waals surface area (Å²) in [6.07, 6.45) is 2.62. The lowest BCUT2D eigenvalue weighted by Gasteiger charge is -2.32. The van der Waals surface area contributed by atoms with E-state index in [0.29, 0.717) is 29.1 Å². The lowest BCUT2D eigenvalue weighted by Crippen LogP contribution is -2.49. The van der Waals surface area contributed by atoms with E-state index in [1.165, 1.54) is 12.1 Å². The first kappa shape index (κ1) is 18.0. The van der Waals surface area contributed by atoms with Crippen molar-refractivity contribution >= 4 is 29.2 Å². The summed E-state index contributed by atoms with van der Waals surface area (Å²) in [5.41, 5.74) is 0.945. The number of halogens is 2. The fraction of sp³-hybridized carbons (Fsp3) is 0.444. The molecular weight excluding hydrogens is 343 g/mol. The van der Waals surface area contributed by atoms with Crippen LogP contribution in [0.3, 0.4) is 0 Å². The topological polar surface area (TPSA) is 48.5 Å². The van der Waals surface area contributed by atoms with Crippen LogP contribution in [0.1, 0.15) is 16.8 Å². The number of carbonyl (C=O) groups excluding carboxylic acids is 1. The number of likely N-dealkylation sites (tertiary alicyclic amines) is 1. The molecule has 4 rings (SSSR count). The molecule has 1 aromatic carbocycles. The summed E-state index contributed by atoms with van der Waals surface area (Å²) in [4.78, 5) is 21.5. The van der Waals surface area contributed by atoms with Crippen LogP contribution in [-0.4, -0.2) is 66.0 Å². The summed E-state index contributed by atoms with van der Waals surface area (Å²) in [5.74, 6) is -0.507. The van der Waals surface area contributed by atoms with Gasteiger partial charge in [-0.2, -0.15) is 0 Å². The number of hydrogen-bond acceptors (Lipinski definition) is 4. The van der Waals surface area contributed by atoms with Crippen LogP contribution in [-0.2, 0) is 0 Å². The van der Waals surface area contributed by atoms with Crippen molar-refractivity contribution in [2.45, 2.75) is 12.5 Å². The Bertz CT molecular complexity index is 766. The third kappa shape index (κ3) is 3.61. The van der Waals surface area contributed by atoms with Gasteiger partial charge in [0, 0.05) is 56.9 Å². The molecule has 1 aromatic heterocycles. The highest BCUT2D eigenvalue weighted by Gasteiger charge is 2.32. The van der Waals surface area contributed by atoms with Crippen molar-refractivity contribution in [1.82, 2.24) is 20.1 Å². The predicted molar refractivity (Wildman–Crippen MR) is 97.7 cm³/mol. The third-order valence-electron chi connectivity index (χ3n) is 5.02. The van der Waals surface area contributed by atoms with E-state index in [9.17, 15) is 9.18 Å². The Morgan fingerprint density at radius 2 is 2.04 bits per heavy atom. The van der Waals surface area contributed by atoms with Gasteiger partial charge in [0.1, 0.15) is 5.82 Å². The largest absolute Gasteiger partial charge is 0.337 e. The molecule has 2 fully saturated rings. The van der Waals surface area contributed by atoms with Crippen LogP contribution in [0.4, 0.5) is 4.39 Å². The predicted octanol–water partition coefficient (Wildman–Crippen LogP) is 1.92. The molecule has 3 heterocycles. The van der Waals surface area contributed by atoms with Gasteiger partial charge in [-0.15, -0.1) is 12.4 Å². The van der Waals surface area contributed by atoms with Gasteiger partial charge in [0.25, 0.3) is 5.91 Å². The van der Waals surface area contributed by atoms with Crippen LogP contribution in [0, 0.1) is 5.82 Å². The van der Waals surface area contributed by atoms with E-state index in [-0.39, 0.29) is 18.3 Å². The smallest absolute Gasteiger partial charge is 0.256 e. The maximum atomic E-state index is 13.9. The summed E-state index contributed by atoms with van der Waals surface area (Å²) >= 11 is 0. The summed E-state index contributed by atoms with van der Waals surface area (Å²) in [5, 5.41) is 4.02. The first-order valence-corrected chi connectivity index (χ1v) is 8.51. The SMILES string of the molecule is Cl.O=C(c1cc(F)cc2cccnc12)N1CCC(N2CCNCC2)C1. The van der Waals surface area contributed by atoms with Crippen LogP contribution in [0.25, 0.3) is 10.9 Å². The standard InChI is InChI=1S/C18H21FN4O.ClH/c19-14-10-13-2-1-4-21-17(13)16(11-14)18(24)23-7-3-15(12-23)22-8-5-20-6-9-22;/h1-2,4,10-11,15,20H,3,5-9,12H2;1H. The van der Waals surface area contributed by atoms with Gasteiger partial charge in [0.15, 0.2) is 0 Å². The molecule has 0 radical (unpaired) electrons. The van der Waals surface area contributed by atoms with E-state index >= 15 is 0 Å². The molecule has 134 valence electrons. The average Bonchev–Trinajstić information content (AvgIpc) is 3.11. The minimum absolute atomic E-state index is 0. The molecule has 1 unspecified atom stereocenters. The van der Waals surface area contributed by atoms with Crippen molar-refractivity contribution in [3.8, 4) is 0 Å². The summed E-state index contributed by atoms with van der Waals surface area (Å²) in [6, 6.07) is 6.69. The Kier molecular flexibility index (Phi) is 5.51. The van der Waals surface area contributed by atoms with Crippen LogP contribution in [0.5, 0.6) is 0 Å². The second kappa shape index (κ2) is 7.64. The first-order valence-electron chi connectivity index (χ1n) is 8.51. The molecule has 0 spiro atoms. The maximum Gasteiger partial charge on any atom is 0.256 e. The zero-order valence-corrected chi connectivity index (χ0v) is 14.8. The van der Waals surface area contributed by atoms with Crippen molar-refractivity contribution in [3.63, 3.8) is 0 Å². The van der Waals surface area contributed by atoms with Gasteiger partial charge in [0.2, 0.25) is 0 Å². The Morgan fingerprint density at radius 1 is 1.24 bits per heavy atom. The summed E-state index contributed by atoms with van der Waals surface area (Å²) in [6.45, 7) is 5.49. The van der Waals surface area contributed by atoms with Gasteiger partial charge in [-0.1, -0.05) is 6.07 Å². The number of nitrogens with zero attached hydrogens (tertiary/aromatic N) is 3. The van der Waals surface area contributed by atoms with Crippen LogP contribution >= 0.6 is 12.4 Å². The molecule has 7 heteroatoms. The number of hydrogen-bond donors (Lipinski definition) is 1. The van der Waals surface area contributed by atoms with Gasteiger partial charge < -0.3 is 10.2 Å². The molecule has 0 bridgehead atoms. The number of rotatable bonds is 2. The normalized spacial score (nSPS) is 21.3. The number of carbonyl (C=O) groups is 1. The lowest BCUT2D eigenvalue weighted by molar-refractivity contribution is 0.0774. The highest BCUT2D eigenvalue weighted by Crippen LogP contribution is 2.23. The Hall–Kier alpha value is -1.76. The van der Waals surface area contributed by atoms with E-state index in [0.717, 1.165) is 39.1 Å². The van der Waals surface area contributed by atoms with E-state index in [2.05, 4.69) is 15.2 Å². The van der Waals surface area contributed by atoms with Crippen molar-refractivity contribution in [3.05, 3.63) is 41.8 Å². The van der Waals surface area contributed by atoms with Crippen molar-refractivity contribution in [2.24, 2.45) is 0 Å². The lowest BCUT2D eigenvalue weighted by atomic mass is 10.1. The number of aromatic nitrogens is 1. The molecule has 1 N–H and O–H groups in total. The van der Waals surface area contributed by atoms with Crippen molar-refractivity contribution in [1.29, 1.82) is 0 Å². The van der Waals surface area contributed by atoms with E-state index in [1.807, 2.05) is 4.90 Å². The molecular formula is C18H22ClFN4O. The summed E-state index contributed by atoms with van der Waals surface area (Å²) < 4.78 is 13.9. The Labute approximate surface area is 152 Å². The molecule has 2 saturated heterocycles. The van der Waals surface area contributed by atoms with Gasteiger partial charge >= 0.3 is 0 Å². The minimum Gasteiger partial charge on any atom is -0.337 e. The first-order chi connectivity index (χ1) is 11.7. The minimum atomic E-state index is -0.392. The molecule has 1 atom stereocenters. The second-order valence-electron chi connectivity index (χ2n) is 6.51. The van der Waals surface area contributed by atoms with Crippen molar-refractivity contribution in [2.75, 3.05) is 39.3 Å². The van der Waals surface area contributed by atoms with Crippen LogP contribution < -0.4 is 5.32 Å². The fourth-order valence-corrected chi connectivity index (χ4v) is 3.76. The Morgan fingerprint density at radius 3 is 2.84 bits per heavy atom. The van der Waals surface area contributed by atoms with Crippen LogP contribution in [0.15, 0.2) is 30.5 Å². The molecule has 2 aliphatic rings. The number of fused-ring (bicyclic) bond motifs is 1. The molecule has 2 aromatic rings. The number of pyridine rings is 1. The number of piperazine rings is 1. The second-order valence-corrected chi connectivity index (χ2v) is 6.51. The number of benzene rings is 1. The van der Waals surface area contributed by atoms with Crippen molar-refractivity contribution < 1.29 is 9.18 Å². The molecule has 5 nitrogen and oxygen atoms in total. The number of amides is 1. The quantitative estimate of drug-likeness (QED) is 0.884. The highest BCUT2D eigenvalue weighted by atomic mass is 35.5. The zero-order chi connectivity index (χ0) is 16.5.